The van der Waals surface area contributed by atoms with Crippen molar-refractivity contribution in [3.05, 3.63) is 59.7 Å². The van der Waals surface area contributed by atoms with Gasteiger partial charge in [0.05, 0.1) is 0 Å². The van der Waals surface area contributed by atoms with Gasteiger partial charge in [0.25, 0.3) is 5.91 Å². The SMILES string of the molecule is CC[C@@H](C)c1ccc(NC(=O)c2ccc(NC(N)=O)cc2)cc1. The van der Waals surface area contributed by atoms with E-state index in [2.05, 4.69) is 24.5 Å². The number of benzene rings is 2. The molecule has 0 unspecified atom stereocenters. The topological polar surface area (TPSA) is 84.2 Å². The minimum Gasteiger partial charge on any atom is -0.351 e. The maximum absolute atomic E-state index is 12.2. The van der Waals surface area contributed by atoms with Crippen molar-refractivity contribution >= 4 is 23.3 Å². The van der Waals surface area contributed by atoms with E-state index in [1.165, 1.54) is 5.56 Å². The molecule has 23 heavy (non-hydrogen) atoms. The molecule has 0 aliphatic rings. The minimum absolute atomic E-state index is 0.202. The van der Waals surface area contributed by atoms with E-state index >= 15 is 0 Å². The van der Waals surface area contributed by atoms with Gasteiger partial charge in [-0.15, -0.1) is 0 Å². The smallest absolute Gasteiger partial charge is 0.316 e. The molecule has 5 nitrogen and oxygen atoms in total. The van der Waals surface area contributed by atoms with Gasteiger partial charge in [-0.1, -0.05) is 26.0 Å². The maximum atomic E-state index is 12.2. The molecule has 2 rings (SSSR count). The number of hydrogen-bond acceptors (Lipinski definition) is 2. The van der Waals surface area contributed by atoms with Gasteiger partial charge in [0.2, 0.25) is 0 Å². The summed E-state index contributed by atoms with van der Waals surface area (Å²) < 4.78 is 0. The summed E-state index contributed by atoms with van der Waals surface area (Å²) in [5.74, 6) is 0.303. The molecule has 2 aromatic rings. The molecule has 0 aliphatic carbocycles. The fraction of sp³-hybridized carbons (Fsp3) is 0.222. The number of anilines is 2. The molecular weight excluding hydrogens is 290 g/mol. The molecule has 0 saturated heterocycles. The molecule has 1 atom stereocenters. The van der Waals surface area contributed by atoms with Crippen molar-refractivity contribution in [3.63, 3.8) is 0 Å². The van der Waals surface area contributed by atoms with Crippen LogP contribution in [0, 0.1) is 0 Å². The molecule has 0 radical (unpaired) electrons. The van der Waals surface area contributed by atoms with Crippen LogP contribution in [0.2, 0.25) is 0 Å². The Kier molecular flexibility index (Phi) is 5.36. The van der Waals surface area contributed by atoms with E-state index in [0.717, 1.165) is 12.1 Å². The minimum atomic E-state index is -0.636. The monoisotopic (exact) mass is 311 g/mol. The normalized spacial score (nSPS) is 11.6. The van der Waals surface area contributed by atoms with Crippen molar-refractivity contribution in [3.8, 4) is 0 Å². The predicted octanol–water partition coefficient (Wildman–Crippen LogP) is 3.94. The highest BCUT2D eigenvalue weighted by atomic mass is 16.2. The van der Waals surface area contributed by atoms with E-state index in [9.17, 15) is 9.59 Å². The highest BCUT2D eigenvalue weighted by molar-refractivity contribution is 6.04. The van der Waals surface area contributed by atoms with E-state index < -0.39 is 6.03 Å². The lowest BCUT2D eigenvalue weighted by Crippen LogP contribution is -2.19. The predicted molar refractivity (Wildman–Crippen MR) is 92.7 cm³/mol. The summed E-state index contributed by atoms with van der Waals surface area (Å²) in [6.45, 7) is 4.33. The molecule has 0 saturated carbocycles. The van der Waals surface area contributed by atoms with Gasteiger partial charge >= 0.3 is 6.03 Å². The third-order valence-electron chi connectivity index (χ3n) is 3.76. The number of amides is 3. The number of nitrogens with two attached hydrogens (primary N) is 1. The summed E-state index contributed by atoms with van der Waals surface area (Å²) in [6, 6.07) is 13.8. The van der Waals surface area contributed by atoms with Crippen molar-refractivity contribution in [2.24, 2.45) is 5.73 Å². The number of nitrogens with one attached hydrogen (secondary N) is 2. The Hall–Kier alpha value is -2.82. The lowest BCUT2D eigenvalue weighted by molar-refractivity contribution is 0.102. The van der Waals surface area contributed by atoms with Gasteiger partial charge in [-0.05, 0) is 54.3 Å². The van der Waals surface area contributed by atoms with Crippen LogP contribution >= 0.6 is 0 Å². The number of carbonyl (C=O) groups excluding carboxylic acids is 2. The van der Waals surface area contributed by atoms with E-state index in [4.69, 9.17) is 5.73 Å². The highest BCUT2D eigenvalue weighted by Gasteiger charge is 2.07. The summed E-state index contributed by atoms with van der Waals surface area (Å²) in [6.07, 6.45) is 1.08. The van der Waals surface area contributed by atoms with E-state index in [0.29, 0.717) is 17.2 Å². The first kappa shape index (κ1) is 16.5. The Morgan fingerprint density at radius 3 is 2.00 bits per heavy atom. The molecule has 2 aromatic carbocycles. The Balaban J connectivity index is 2.02. The van der Waals surface area contributed by atoms with Crippen LogP contribution in [0.25, 0.3) is 0 Å². The summed E-state index contributed by atoms with van der Waals surface area (Å²) in [7, 11) is 0. The maximum Gasteiger partial charge on any atom is 0.316 e. The molecule has 0 bridgehead atoms. The van der Waals surface area contributed by atoms with Crippen molar-refractivity contribution in [2.75, 3.05) is 10.6 Å². The zero-order valence-corrected chi connectivity index (χ0v) is 13.3. The molecule has 0 aliphatic heterocycles. The Bertz CT molecular complexity index is 678. The van der Waals surface area contributed by atoms with Crippen LogP contribution in [-0.4, -0.2) is 11.9 Å². The average molecular weight is 311 g/mol. The molecule has 0 spiro atoms. The molecule has 0 heterocycles. The summed E-state index contributed by atoms with van der Waals surface area (Å²) >= 11 is 0. The zero-order chi connectivity index (χ0) is 16.8. The van der Waals surface area contributed by atoms with Crippen molar-refractivity contribution in [1.29, 1.82) is 0 Å². The number of rotatable bonds is 5. The Morgan fingerprint density at radius 2 is 1.48 bits per heavy atom. The lowest BCUT2D eigenvalue weighted by atomic mass is 9.98. The molecule has 3 amide bonds. The van der Waals surface area contributed by atoms with Gasteiger partial charge < -0.3 is 16.4 Å². The zero-order valence-electron chi connectivity index (χ0n) is 13.3. The van der Waals surface area contributed by atoms with Gasteiger partial charge in [-0.25, -0.2) is 4.79 Å². The quantitative estimate of drug-likeness (QED) is 0.781. The first-order chi connectivity index (χ1) is 11.0. The van der Waals surface area contributed by atoms with Crippen LogP contribution in [0.1, 0.15) is 42.1 Å². The number of carbonyl (C=O) groups is 2. The lowest BCUT2D eigenvalue weighted by Gasteiger charge is -2.11. The second-order valence-electron chi connectivity index (χ2n) is 5.45. The second-order valence-corrected chi connectivity index (χ2v) is 5.45. The summed E-state index contributed by atoms with van der Waals surface area (Å²) in [5.41, 5.74) is 8.10. The van der Waals surface area contributed by atoms with Crippen LogP contribution in [0.15, 0.2) is 48.5 Å². The van der Waals surface area contributed by atoms with Gasteiger partial charge in [-0.2, -0.15) is 0 Å². The van der Waals surface area contributed by atoms with Crippen molar-refractivity contribution in [1.82, 2.24) is 0 Å². The van der Waals surface area contributed by atoms with E-state index in [1.54, 1.807) is 24.3 Å². The highest BCUT2D eigenvalue weighted by Crippen LogP contribution is 2.21. The van der Waals surface area contributed by atoms with Gasteiger partial charge in [-0.3, -0.25) is 4.79 Å². The van der Waals surface area contributed by atoms with Gasteiger partial charge in [0, 0.05) is 16.9 Å². The molecular formula is C18H21N3O2. The fourth-order valence-electron chi connectivity index (χ4n) is 2.18. The average Bonchev–Trinajstić information content (AvgIpc) is 2.55. The van der Waals surface area contributed by atoms with Crippen LogP contribution in [0.3, 0.4) is 0 Å². The molecule has 5 heteroatoms. The van der Waals surface area contributed by atoms with Gasteiger partial charge in [0.1, 0.15) is 0 Å². The van der Waals surface area contributed by atoms with Crippen LogP contribution in [0.4, 0.5) is 16.2 Å². The van der Waals surface area contributed by atoms with Gasteiger partial charge in [0.15, 0.2) is 0 Å². The summed E-state index contributed by atoms with van der Waals surface area (Å²) in [4.78, 5) is 23.0. The molecule has 0 fully saturated rings. The third-order valence-corrected chi connectivity index (χ3v) is 3.76. The number of hydrogen-bond donors (Lipinski definition) is 3. The van der Waals surface area contributed by atoms with Crippen LogP contribution < -0.4 is 16.4 Å². The first-order valence-electron chi connectivity index (χ1n) is 7.57. The first-order valence-corrected chi connectivity index (χ1v) is 7.57. The largest absolute Gasteiger partial charge is 0.351 e. The van der Waals surface area contributed by atoms with E-state index in [-0.39, 0.29) is 5.91 Å². The second kappa shape index (κ2) is 7.45. The van der Waals surface area contributed by atoms with Crippen molar-refractivity contribution < 1.29 is 9.59 Å². The van der Waals surface area contributed by atoms with Crippen molar-refractivity contribution in [2.45, 2.75) is 26.2 Å². The number of urea groups is 1. The number of primary amides is 1. The Labute approximate surface area is 135 Å². The summed E-state index contributed by atoms with van der Waals surface area (Å²) in [5, 5.41) is 5.30. The standard InChI is InChI=1S/C18H21N3O2/c1-3-12(2)13-4-8-15(9-5-13)20-17(22)14-6-10-16(11-7-14)21-18(19)23/h4-12H,3H2,1-2H3,(H,20,22)(H3,19,21,23)/t12-/m1/s1. The van der Waals surface area contributed by atoms with E-state index in [1.807, 2.05) is 24.3 Å². The third kappa shape index (κ3) is 4.57. The van der Waals surface area contributed by atoms with Crippen LogP contribution in [-0.2, 0) is 0 Å². The Morgan fingerprint density at radius 1 is 0.957 bits per heavy atom. The molecule has 120 valence electrons. The fourth-order valence-corrected chi connectivity index (χ4v) is 2.18. The molecule has 4 N–H and O–H groups in total. The molecule has 0 aromatic heterocycles. The van der Waals surface area contributed by atoms with Crippen LogP contribution in [0.5, 0.6) is 0 Å².